The van der Waals surface area contributed by atoms with Crippen molar-refractivity contribution in [2.24, 2.45) is 0 Å². The summed E-state index contributed by atoms with van der Waals surface area (Å²) in [5.74, 6) is -1.45. The van der Waals surface area contributed by atoms with Crippen molar-refractivity contribution in [2.45, 2.75) is 19.0 Å². The summed E-state index contributed by atoms with van der Waals surface area (Å²) in [7, 11) is 0. The van der Waals surface area contributed by atoms with Crippen LogP contribution < -0.4 is 0 Å². The first-order valence-corrected chi connectivity index (χ1v) is 6.18. The SMILES string of the molecule is O=C(O)[C@H]1Cc2ccccc2CN1C(=O)c1ccon1. The van der Waals surface area contributed by atoms with Gasteiger partial charge in [0.15, 0.2) is 5.69 Å². The van der Waals surface area contributed by atoms with E-state index in [1.54, 1.807) is 0 Å². The second-order valence-electron chi connectivity index (χ2n) is 4.64. The fourth-order valence-corrected chi connectivity index (χ4v) is 2.43. The standard InChI is InChI=1S/C14H12N2O4/c17-13(11-5-6-20-15-11)16-8-10-4-2-1-3-9(10)7-12(16)14(18)19/h1-6,12H,7-8H2,(H,18,19)/t12-/m1/s1. The molecule has 0 aliphatic carbocycles. The molecular formula is C14H12N2O4. The Morgan fingerprint density at radius 2 is 2.00 bits per heavy atom. The van der Waals surface area contributed by atoms with Gasteiger partial charge in [-0.25, -0.2) is 4.79 Å². The van der Waals surface area contributed by atoms with Crippen molar-refractivity contribution in [3.05, 3.63) is 53.4 Å². The van der Waals surface area contributed by atoms with Crippen LogP contribution in [0.3, 0.4) is 0 Å². The zero-order valence-corrected chi connectivity index (χ0v) is 10.5. The van der Waals surface area contributed by atoms with Crippen molar-refractivity contribution in [1.29, 1.82) is 0 Å². The first-order chi connectivity index (χ1) is 9.66. The van der Waals surface area contributed by atoms with Gasteiger partial charge in [0.1, 0.15) is 12.3 Å². The number of benzene rings is 1. The molecule has 1 amide bonds. The van der Waals surface area contributed by atoms with E-state index < -0.39 is 17.9 Å². The number of aromatic nitrogens is 1. The number of amides is 1. The largest absolute Gasteiger partial charge is 0.480 e. The molecule has 0 radical (unpaired) electrons. The van der Waals surface area contributed by atoms with Crippen molar-refractivity contribution < 1.29 is 19.2 Å². The van der Waals surface area contributed by atoms with Crippen molar-refractivity contribution in [3.8, 4) is 0 Å². The van der Waals surface area contributed by atoms with Gasteiger partial charge in [0.2, 0.25) is 0 Å². The highest BCUT2D eigenvalue weighted by Gasteiger charge is 2.35. The summed E-state index contributed by atoms with van der Waals surface area (Å²) in [5, 5.41) is 12.9. The molecule has 0 saturated heterocycles. The lowest BCUT2D eigenvalue weighted by molar-refractivity contribution is -0.142. The van der Waals surface area contributed by atoms with Gasteiger partial charge in [-0.15, -0.1) is 0 Å². The average molecular weight is 272 g/mol. The number of carboxylic acids is 1. The third-order valence-electron chi connectivity index (χ3n) is 3.45. The average Bonchev–Trinajstić information content (AvgIpc) is 2.99. The van der Waals surface area contributed by atoms with Gasteiger partial charge < -0.3 is 14.5 Å². The Balaban J connectivity index is 1.96. The topological polar surface area (TPSA) is 83.6 Å². The van der Waals surface area contributed by atoms with Gasteiger partial charge in [0, 0.05) is 19.0 Å². The van der Waals surface area contributed by atoms with Crippen LogP contribution >= 0.6 is 0 Å². The first kappa shape index (κ1) is 12.4. The first-order valence-electron chi connectivity index (χ1n) is 6.18. The van der Waals surface area contributed by atoms with Crippen molar-refractivity contribution in [2.75, 3.05) is 0 Å². The number of hydrogen-bond donors (Lipinski definition) is 1. The van der Waals surface area contributed by atoms with E-state index in [1.807, 2.05) is 24.3 Å². The summed E-state index contributed by atoms with van der Waals surface area (Å²) >= 11 is 0. The highest BCUT2D eigenvalue weighted by Crippen LogP contribution is 2.24. The lowest BCUT2D eigenvalue weighted by Gasteiger charge is -2.33. The van der Waals surface area contributed by atoms with E-state index in [-0.39, 0.29) is 12.2 Å². The zero-order valence-electron chi connectivity index (χ0n) is 10.5. The molecule has 2 heterocycles. The molecule has 2 aromatic rings. The van der Waals surface area contributed by atoms with Gasteiger partial charge in [0.25, 0.3) is 5.91 Å². The van der Waals surface area contributed by atoms with Gasteiger partial charge in [0.05, 0.1) is 0 Å². The maximum Gasteiger partial charge on any atom is 0.326 e. The van der Waals surface area contributed by atoms with Crippen LogP contribution in [0, 0.1) is 0 Å². The van der Waals surface area contributed by atoms with Crippen molar-refractivity contribution >= 4 is 11.9 Å². The summed E-state index contributed by atoms with van der Waals surface area (Å²) in [6.45, 7) is 0.263. The fraction of sp³-hybridized carbons (Fsp3) is 0.214. The minimum Gasteiger partial charge on any atom is -0.480 e. The second-order valence-corrected chi connectivity index (χ2v) is 4.64. The molecule has 1 aromatic carbocycles. The molecule has 6 heteroatoms. The van der Waals surface area contributed by atoms with E-state index in [0.717, 1.165) is 11.1 Å². The summed E-state index contributed by atoms with van der Waals surface area (Å²) in [4.78, 5) is 25.1. The molecule has 102 valence electrons. The van der Waals surface area contributed by atoms with Crippen LogP contribution in [-0.4, -0.2) is 33.1 Å². The fourth-order valence-electron chi connectivity index (χ4n) is 2.43. The maximum atomic E-state index is 12.3. The molecule has 1 atom stereocenters. The zero-order chi connectivity index (χ0) is 14.1. The Morgan fingerprint density at radius 3 is 2.65 bits per heavy atom. The normalized spacial score (nSPS) is 17.6. The number of nitrogens with zero attached hydrogens (tertiary/aromatic N) is 2. The van der Waals surface area contributed by atoms with Gasteiger partial charge in [-0.1, -0.05) is 29.4 Å². The number of hydrogen-bond acceptors (Lipinski definition) is 4. The number of carbonyl (C=O) groups excluding carboxylic acids is 1. The van der Waals surface area contributed by atoms with Crippen molar-refractivity contribution in [3.63, 3.8) is 0 Å². The summed E-state index contributed by atoms with van der Waals surface area (Å²) < 4.78 is 4.65. The summed E-state index contributed by atoms with van der Waals surface area (Å²) in [5.41, 5.74) is 2.04. The number of carbonyl (C=O) groups is 2. The molecule has 0 fully saturated rings. The quantitative estimate of drug-likeness (QED) is 0.891. The molecule has 1 aromatic heterocycles. The van der Waals surface area contributed by atoms with Gasteiger partial charge in [-0.05, 0) is 11.1 Å². The molecule has 1 aliphatic rings. The van der Waals surface area contributed by atoms with E-state index in [1.165, 1.54) is 17.2 Å². The highest BCUT2D eigenvalue weighted by atomic mass is 16.5. The van der Waals surface area contributed by atoms with Gasteiger partial charge in [-0.3, -0.25) is 4.79 Å². The molecule has 3 rings (SSSR count). The van der Waals surface area contributed by atoms with Gasteiger partial charge >= 0.3 is 5.97 Å². The highest BCUT2D eigenvalue weighted by molar-refractivity contribution is 5.95. The minimum atomic E-state index is -1.02. The minimum absolute atomic E-state index is 0.121. The number of carboxylic acid groups (broad SMARTS) is 1. The van der Waals surface area contributed by atoms with E-state index in [0.29, 0.717) is 6.42 Å². The molecule has 1 aliphatic heterocycles. The smallest absolute Gasteiger partial charge is 0.326 e. The number of rotatable bonds is 2. The van der Waals surface area contributed by atoms with Crippen LogP contribution in [0.2, 0.25) is 0 Å². The summed E-state index contributed by atoms with van der Waals surface area (Å²) in [6, 6.07) is 8.08. The van der Waals surface area contributed by atoms with Crippen LogP contribution in [0.4, 0.5) is 0 Å². The molecule has 0 spiro atoms. The molecule has 1 N–H and O–H groups in total. The van der Waals surface area contributed by atoms with Crippen LogP contribution in [0.25, 0.3) is 0 Å². The van der Waals surface area contributed by atoms with Crippen LogP contribution in [0.1, 0.15) is 21.6 Å². The number of fused-ring (bicyclic) bond motifs is 1. The third kappa shape index (κ3) is 2.05. The monoisotopic (exact) mass is 272 g/mol. The van der Waals surface area contributed by atoms with E-state index in [9.17, 15) is 14.7 Å². The Kier molecular flexibility index (Phi) is 2.98. The lowest BCUT2D eigenvalue weighted by atomic mass is 9.93. The molecule has 20 heavy (non-hydrogen) atoms. The second kappa shape index (κ2) is 4.80. The predicted octanol–water partition coefficient (Wildman–Crippen LogP) is 1.33. The Morgan fingerprint density at radius 1 is 1.25 bits per heavy atom. The Bertz CT molecular complexity index is 651. The number of aliphatic carboxylic acids is 1. The molecule has 0 bridgehead atoms. The van der Waals surface area contributed by atoms with Crippen LogP contribution in [-0.2, 0) is 17.8 Å². The van der Waals surface area contributed by atoms with E-state index >= 15 is 0 Å². The van der Waals surface area contributed by atoms with E-state index in [4.69, 9.17) is 0 Å². The lowest BCUT2D eigenvalue weighted by Crippen LogP contribution is -2.48. The van der Waals surface area contributed by atoms with Gasteiger partial charge in [-0.2, -0.15) is 0 Å². The van der Waals surface area contributed by atoms with E-state index in [2.05, 4.69) is 9.68 Å². The maximum absolute atomic E-state index is 12.3. The Hall–Kier alpha value is -2.63. The van der Waals surface area contributed by atoms with Crippen molar-refractivity contribution in [1.82, 2.24) is 10.1 Å². The van der Waals surface area contributed by atoms with Crippen LogP contribution in [0.5, 0.6) is 0 Å². The summed E-state index contributed by atoms with van der Waals surface area (Å²) in [6.07, 6.45) is 1.59. The molecule has 0 saturated carbocycles. The third-order valence-corrected chi connectivity index (χ3v) is 3.45. The molecular weight excluding hydrogens is 260 g/mol. The van der Waals surface area contributed by atoms with Crippen LogP contribution in [0.15, 0.2) is 41.1 Å². The molecule has 6 nitrogen and oxygen atoms in total. The Labute approximate surface area is 114 Å². The predicted molar refractivity (Wildman–Crippen MR) is 67.9 cm³/mol. The molecule has 0 unspecified atom stereocenters.